The first-order valence-corrected chi connectivity index (χ1v) is 10.4. The maximum absolute atomic E-state index is 12.7. The molecule has 0 aromatic heterocycles. The number of fused-ring (bicyclic) bond motifs is 1. The zero-order valence-electron chi connectivity index (χ0n) is 17.2. The minimum absolute atomic E-state index is 0.0452. The summed E-state index contributed by atoms with van der Waals surface area (Å²) < 4.78 is 16.2. The van der Waals surface area contributed by atoms with Crippen molar-refractivity contribution in [3.8, 4) is 17.2 Å². The molecule has 0 bridgehead atoms. The maximum atomic E-state index is 12.7. The van der Waals surface area contributed by atoms with Crippen molar-refractivity contribution in [2.75, 3.05) is 46.5 Å². The van der Waals surface area contributed by atoms with Gasteiger partial charge in [-0.2, -0.15) is 0 Å². The molecule has 0 spiro atoms. The third kappa shape index (κ3) is 4.77. The Morgan fingerprint density at radius 2 is 1.68 bits per heavy atom. The van der Waals surface area contributed by atoms with Gasteiger partial charge >= 0.3 is 0 Å². The van der Waals surface area contributed by atoms with E-state index < -0.39 is 0 Å². The fraction of sp³-hybridized carbons (Fsp3) is 0.304. The summed E-state index contributed by atoms with van der Waals surface area (Å²) in [5.74, 6) is 1.67. The molecule has 7 nitrogen and oxygen atoms in total. The number of benzene rings is 2. The van der Waals surface area contributed by atoms with Gasteiger partial charge in [0.2, 0.25) is 5.91 Å². The number of carbonyl (C=O) groups excluding carboxylic acids is 2. The molecular weight excluding hydrogens is 420 g/mol. The van der Waals surface area contributed by atoms with Crippen LogP contribution in [0.2, 0.25) is 5.02 Å². The second kappa shape index (κ2) is 9.31. The van der Waals surface area contributed by atoms with Gasteiger partial charge in [0, 0.05) is 37.8 Å². The summed E-state index contributed by atoms with van der Waals surface area (Å²) in [4.78, 5) is 28.8. The Hall–Kier alpha value is -3.19. The number of piperazine rings is 1. The van der Waals surface area contributed by atoms with Crippen molar-refractivity contribution in [2.45, 2.75) is 0 Å². The lowest BCUT2D eigenvalue weighted by Gasteiger charge is -2.34. The van der Waals surface area contributed by atoms with Gasteiger partial charge in [0.25, 0.3) is 5.91 Å². The van der Waals surface area contributed by atoms with Crippen molar-refractivity contribution in [1.82, 2.24) is 9.80 Å². The Kier molecular flexibility index (Phi) is 6.32. The first kappa shape index (κ1) is 21.1. The first-order valence-electron chi connectivity index (χ1n) is 10.0. The number of hydrogen-bond donors (Lipinski definition) is 0. The minimum Gasteiger partial charge on any atom is -0.497 e. The van der Waals surface area contributed by atoms with Crippen LogP contribution in [0.5, 0.6) is 17.2 Å². The van der Waals surface area contributed by atoms with Crippen molar-refractivity contribution >= 4 is 29.5 Å². The van der Waals surface area contributed by atoms with Crippen LogP contribution in [-0.2, 0) is 4.79 Å². The second-order valence-corrected chi connectivity index (χ2v) is 7.61. The first-order chi connectivity index (χ1) is 15.0. The molecule has 0 aliphatic carbocycles. The van der Waals surface area contributed by atoms with Crippen LogP contribution < -0.4 is 14.2 Å². The van der Waals surface area contributed by atoms with E-state index in [1.165, 1.54) is 6.08 Å². The van der Waals surface area contributed by atoms with Crippen LogP contribution in [0.25, 0.3) is 6.08 Å². The monoisotopic (exact) mass is 442 g/mol. The van der Waals surface area contributed by atoms with E-state index in [0.29, 0.717) is 67.2 Å². The molecule has 0 atom stereocenters. The quantitative estimate of drug-likeness (QED) is 0.680. The standard InChI is InChI=1S/C23H23ClN2O5/c1-29-18-5-3-17(4-6-18)23(28)26-10-8-25(9-11-26)21(27)7-2-16-14-19(24)22-20(15-16)30-12-13-31-22/h2-7,14-15H,8-13H2,1H3. The summed E-state index contributed by atoms with van der Waals surface area (Å²) in [6.45, 7) is 2.86. The summed E-state index contributed by atoms with van der Waals surface area (Å²) in [7, 11) is 1.59. The molecule has 0 unspecified atom stereocenters. The summed E-state index contributed by atoms with van der Waals surface area (Å²) in [6, 6.07) is 10.6. The molecule has 2 aromatic rings. The highest BCUT2D eigenvalue weighted by atomic mass is 35.5. The van der Waals surface area contributed by atoms with Crippen molar-refractivity contribution < 1.29 is 23.8 Å². The number of halogens is 1. The smallest absolute Gasteiger partial charge is 0.253 e. The average Bonchev–Trinajstić information content (AvgIpc) is 2.82. The van der Waals surface area contributed by atoms with Gasteiger partial charge in [-0.15, -0.1) is 0 Å². The van der Waals surface area contributed by atoms with Gasteiger partial charge < -0.3 is 24.0 Å². The van der Waals surface area contributed by atoms with E-state index in [1.807, 2.05) is 0 Å². The zero-order chi connectivity index (χ0) is 21.8. The summed E-state index contributed by atoms with van der Waals surface area (Å²) in [6.07, 6.45) is 3.23. The molecule has 162 valence electrons. The van der Waals surface area contributed by atoms with E-state index in [2.05, 4.69) is 0 Å². The number of nitrogens with zero attached hydrogens (tertiary/aromatic N) is 2. The molecule has 2 aliphatic heterocycles. The normalized spacial score (nSPS) is 15.8. The van der Waals surface area contributed by atoms with Crippen LogP contribution in [0.3, 0.4) is 0 Å². The number of amides is 2. The molecule has 31 heavy (non-hydrogen) atoms. The Bertz CT molecular complexity index is 998. The molecule has 2 amide bonds. The minimum atomic E-state index is -0.109. The fourth-order valence-corrected chi connectivity index (χ4v) is 3.82. The molecule has 2 aromatic carbocycles. The van der Waals surface area contributed by atoms with Gasteiger partial charge in [0.05, 0.1) is 12.1 Å². The Balaban J connectivity index is 1.34. The third-order valence-corrected chi connectivity index (χ3v) is 5.53. The molecule has 4 rings (SSSR count). The average molecular weight is 443 g/mol. The van der Waals surface area contributed by atoms with Gasteiger partial charge in [0.1, 0.15) is 19.0 Å². The van der Waals surface area contributed by atoms with Crippen LogP contribution in [0.15, 0.2) is 42.5 Å². The molecule has 2 aliphatic rings. The number of ether oxygens (including phenoxy) is 3. The number of hydrogen-bond acceptors (Lipinski definition) is 5. The van der Waals surface area contributed by atoms with Crippen molar-refractivity contribution in [3.05, 3.63) is 58.6 Å². The van der Waals surface area contributed by atoms with Crippen molar-refractivity contribution in [3.63, 3.8) is 0 Å². The van der Waals surface area contributed by atoms with Gasteiger partial charge in [0.15, 0.2) is 11.5 Å². The molecule has 2 heterocycles. The lowest BCUT2D eigenvalue weighted by molar-refractivity contribution is -0.127. The molecule has 0 saturated carbocycles. The molecular formula is C23H23ClN2O5. The van der Waals surface area contributed by atoms with Crippen LogP contribution in [0.1, 0.15) is 15.9 Å². The van der Waals surface area contributed by atoms with Gasteiger partial charge in [-0.05, 0) is 48.0 Å². The highest BCUT2D eigenvalue weighted by Crippen LogP contribution is 2.38. The van der Waals surface area contributed by atoms with Crippen LogP contribution in [0, 0.1) is 0 Å². The molecule has 1 saturated heterocycles. The third-order valence-electron chi connectivity index (χ3n) is 5.25. The van der Waals surface area contributed by atoms with Crippen LogP contribution in [-0.4, -0.2) is 68.1 Å². The van der Waals surface area contributed by atoms with Crippen LogP contribution >= 0.6 is 11.6 Å². The highest BCUT2D eigenvalue weighted by Gasteiger charge is 2.24. The largest absolute Gasteiger partial charge is 0.497 e. The Labute approximate surface area is 185 Å². The van der Waals surface area contributed by atoms with Crippen molar-refractivity contribution in [1.29, 1.82) is 0 Å². The van der Waals surface area contributed by atoms with Gasteiger partial charge in [-0.1, -0.05) is 11.6 Å². The van der Waals surface area contributed by atoms with E-state index in [0.717, 1.165) is 5.56 Å². The predicted molar refractivity (Wildman–Crippen MR) is 117 cm³/mol. The van der Waals surface area contributed by atoms with Gasteiger partial charge in [-0.3, -0.25) is 9.59 Å². The highest BCUT2D eigenvalue weighted by molar-refractivity contribution is 6.32. The predicted octanol–water partition coefficient (Wildman–Crippen LogP) is 3.12. The number of rotatable bonds is 4. The topological polar surface area (TPSA) is 68.3 Å². The lowest BCUT2D eigenvalue weighted by atomic mass is 10.1. The zero-order valence-corrected chi connectivity index (χ0v) is 17.9. The summed E-state index contributed by atoms with van der Waals surface area (Å²) in [5, 5.41) is 0.454. The summed E-state index contributed by atoms with van der Waals surface area (Å²) in [5.41, 5.74) is 1.37. The molecule has 1 fully saturated rings. The summed E-state index contributed by atoms with van der Waals surface area (Å²) >= 11 is 6.25. The molecule has 0 N–H and O–H groups in total. The van der Waals surface area contributed by atoms with E-state index in [4.69, 9.17) is 25.8 Å². The van der Waals surface area contributed by atoms with E-state index in [9.17, 15) is 9.59 Å². The number of methoxy groups -OCH3 is 1. The van der Waals surface area contributed by atoms with E-state index >= 15 is 0 Å². The van der Waals surface area contributed by atoms with E-state index in [-0.39, 0.29) is 11.8 Å². The van der Waals surface area contributed by atoms with Crippen LogP contribution in [0.4, 0.5) is 0 Å². The molecule has 8 heteroatoms. The van der Waals surface area contributed by atoms with E-state index in [1.54, 1.807) is 59.4 Å². The number of carbonyl (C=O) groups is 2. The second-order valence-electron chi connectivity index (χ2n) is 7.21. The SMILES string of the molecule is COc1ccc(C(=O)N2CCN(C(=O)C=Cc3cc(Cl)c4c(c3)OCCO4)CC2)cc1. The lowest BCUT2D eigenvalue weighted by Crippen LogP contribution is -2.50. The maximum Gasteiger partial charge on any atom is 0.253 e. The Morgan fingerprint density at radius 3 is 2.39 bits per heavy atom. The molecule has 0 radical (unpaired) electrons. The fourth-order valence-electron chi connectivity index (χ4n) is 3.55. The van der Waals surface area contributed by atoms with Gasteiger partial charge in [-0.25, -0.2) is 0 Å². The van der Waals surface area contributed by atoms with Crippen molar-refractivity contribution in [2.24, 2.45) is 0 Å². The Morgan fingerprint density at radius 1 is 1.00 bits per heavy atom.